The highest BCUT2D eigenvalue weighted by Crippen LogP contribution is 2.53. The first-order chi connectivity index (χ1) is 10.8. The largest absolute Gasteiger partial charge is 0.462 e. The molecule has 2 aliphatic rings. The van der Waals surface area contributed by atoms with Crippen molar-refractivity contribution in [3.63, 3.8) is 0 Å². The van der Waals surface area contributed by atoms with E-state index >= 15 is 0 Å². The monoisotopic (exact) mass is 318 g/mol. The van der Waals surface area contributed by atoms with E-state index in [4.69, 9.17) is 9.47 Å². The van der Waals surface area contributed by atoms with Crippen LogP contribution in [0.2, 0.25) is 0 Å². The Labute approximate surface area is 139 Å². The molecule has 0 saturated carbocycles. The van der Waals surface area contributed by atoms with Crippen molar-refractivity contribution in [3.05, 3.63) is 29.8 Å². The van der Waals surface area contributed by atoms with Crippen LogP contribution >= 0.6 is 0 Å². The van der Waals surface area contributed by atoms with Crippen molar-refractivity contribution in [2.75, 3.05) is 0 Å². The Bertz CT molecular complexity index is 592. The number of hydrogen-bond donors (Lipinski definition) is 0. The van der Waals surface area contributed by atoms with E-state index in [-0.39, 0.29) is 5.92 Å². The van der Waals surface area contributed by atoms with Crippen LogP contribution in [0.25, 0.3) is 0 Å². The predicted octanol–water partition coefficient (Wildman–Crippen LogP) is 4.32. The Hall–Kier alpha value is -1.10. The summed E-state index contributed by atoms with van der Waals surface area (Å²) in [7, 11) is 0. The zero-order chi connectivity index (χ0) is 16.9. The van der Waals surface area contributed by atoms with Gasteiger partial charge in [-0.1, -0.05) is 39.0 Å². The van der Waals surface area contributed by atoms with Gasteiger partial charge in [-0.05, 0) is 32.8 Å². The molecule has 4 nitrogen and oxygen atoms in total. The smallest absolute Gasteiger partial charge is 0.217 e. The standard InChI is InChI=1S/C19H28NO3/c1-6-17(4)13-19(14(3)18(5,7-2)20(17)21)22-12-15-10-8-9-11-16(15)23-19/h8-11,14H,6-7,12-13H2,1-5H3. The van der Waals surface area contributed by atoms with Crippen LogP contribution in [0.15, 0.2) is 24.3 Å². The first-order valence-corrected chi connectivity index (χ1v) is 8.69. The van der Waals surface area contributed by atoms with Gasteiger partial charge in [0.25, 0.3) is 0 Å². The summed E-state index contributed by atoms with van der Waals surface area (Å²) in [5.41, 5.74) is 0.0880. The van der Waals surface area contributed by atoms with Crippen molar-refractivity contribution in [2.24, 2.45) is 5.92 Å². The van der Waals surface area contributed by atoms with Gasteiger partial charge in [-0.15, -0.1) is 10.3 Å². The fraction of sp³-hybridized carbons (Fsp3) is 0.684. The molecule has 127 valence electrons. The van der Waals surface area contributed by atoms with Crippen LogP contribution in [-0.2, 0) is 16.6 Å². The van der Waals surface area contributed by atoms with Gasteiger partial charge in [-0.3, -0.25) is 0 Å². The van der Waals surface area contributed by atoms with Gasteiger partial charge in [-0.2, -0.15) is 0 Å². The van der Waals surface area contributed by atoms with Crippen molar-refractivity contribution < 1.29 is 14.7 Å². The fourth-order valence-corrected chi connectivity index (χ4v) is 4.18. The minimum absolute atomic E-state index is 0.0227. The summed E-state index contributed by atoms with van der Waals surface area (Å²) in [6.45, 7) is 10.9. The number of fused-ring (bicyclic) bond motifs is 1. The Kier molecular flexibility index (Phi) is 3.98. The molecular formula is C19H28NO3. The average Bonchev–Trinajstić information content (AvgIpc) is 2.58. The highest BCUT2D eigenvalue weighted by atomic mass is 16.7. The lowest BCUT2D eigenvalue weighted by Gasteiger charge is -2.60. The van der Waals surface area contributed by atoms with E-state index in [0.29, 0.717) is 13.0 Å². The van der Waals surface area contributed by atoms with E-state index in [0.717, 1.165) is 24.2 Å². The second-order valence-electron chi connectivity index (χ2n) is 7.56. The van der Waals surface area contributed by atoms with E-state index in [1.54, 1.807) is 0 Å². The lowest BCUT2D eigenvalue weighted by Crippen LogP contribution is -2.72. The molecule has 1 fully saturated rings. The molecule has 2 heterocycles. The Morgan fingerprint density at radius 2 is 1.91 bits per heavy atom. The third-order valence-corrected chi connectivity index (χ3v) is 6.38. The van der Waals surface area contributed by atoms with Gasteiger partial charge in [0.2, 0.25) is 5.79 Å². The van der Waals surface area contributed by atoms with E-state index in [1.807, 2.05) is 38.1 Å². The second kappa shape index (κ2) is 5.47. The van der Waals surface area contributed by atoms with Crippen LogP contribution < -0.4 is 4.74 Å². The SMILES string of the molecule is CCC1(C)CC2(OCc3ccccc3O2)C(C)C(C)(CC)N1[O]. The minimum Gasteiger partial charge on any atom is -0.462 e. The Morgan fingerprint density at radius 1 is 1.22 bits per heavy atom. The van der Waals surface area contributed by atoms with Crippen molar-refractivity contribution >= 4 is 0 Å². The third-order valence-electron chi connectivity index (χ3n) is 6.38. The molecule has 2 aliphatic heterocycles. The van der Waals surface area contributed by atoms with Crippen molar-refractivity contribution in [3.8, 4) is 5.75 Å². The predicted molar refractivity (Wildman–Crippen MR) is 88.3 cm³/mol. The summed E-state index contributed by atoms with van der Waals surface area (Å²) in [6, 6.07) is 8.03. The quantitative estimate of drug-likeness (QED) is 0.815. The molecule has 0 bridgehead atoms. The molecule has 1 aromatic carbocycles. The molecule has 0 N–H and O–H groups in total. The summed E-state index contributed by atoms with van der Waals surface area (Å²) in [5, 5.41) is 14.4. The van der Waals surface area contributed by atoms with E-state index in [2.05, 4.69) is 20.8 Å². The molecule has 1 aromatic rings. The van der Waals surface area contributed by atoms with Crippen LogP contribution in [0.5, 0.6) is 5.75 Å². The molecule has 0 aliphatic carbocycles. The molecule has 4 unspecified atom stereocenters. The molecule has 1 saturated heterocycles. The number of benzene rings is 1. The van der Waals surface area contributed by atoms with Crippen LogP contribution in [-0.4, -0.2) is 21.9 Å². The number of piperidine rings is 1. The van der Waals surface area contributed by atoms with Crippen molar-refractivity contribution in [2.45, 2.75) is 77.4 Å². The fourth-order valence-electron chi connectivity index (χ4n) is 4.18. The van der Waals surface area contributed by atoms with E-state index in [1.165, 1.54) is 5.06 Å². The summed E-state index contributed by atoms with van der Waals surface area (Å²) in [6.07, 6.45) is 2.13. The Morgan fingerprint density at radius 3 is 2.57 bits per heavy atom. The summed E-state index contributed by atoms with van der Waals surface area (Å²) in [5.74, 6) is 0.137. The average molecular weight is 318 g/mol. The van der Waals surface area contributed by atoms with E-state index in [9.17, 15) is 5.21 Å². The van der Waals surface area contributed by atoms with Gasteiger partial charge >= 0.3 is 0 Å². The molecule has 3 rings (SSSR count). The van der Waals surface area contributed by atoms with Crippen LogP contribution in [0.1, 0.15) is 59.4 Å². The summed E-state index contributed by atoms with van der Waals surface area (Å²) < 4.78 is 12.7. The normalized spacial score (nSPS) is 40.7. The Balaban J connectivity index is 2.05. The molecular weight excluding hydrogens is 290 g/mol. The molecule has 1 radical (unpaired) electrons. The number of ether oxygens (including phenoxy) is 2. The van der Waals surface area contributed by atoms with Crippen LogP contribution in [0.3, 0.4) is 0 Å². The first kappa shape index (κ1) is 16.7. The minimum atomic E-state index is -0.731. The zero-order valence-corrected chi connectivity index (χ0v) is 14.9. The molecule has 23 heavy (non-hydrogen) atoms. The lowest BCUT2D eigenvalue weighted by molar-refractivity contribution is -0.382. The topological polar surface area (TPSA) is 41.6 Å². The zero-order valence-electron chi connectivity index (χ0n) is 14.9. The van der Waals surface area contributed by atoms with Crippen molar-refractivity contribution in [1.82, 2.24) is 5.06 Å². The second-order valence-corrected chi connectivity index (χ2v) is 7.56. The van der Waals surface area contributed by atoms with Gasteiger partial charge in [0.15, 0.2) is 0 Å². The van der Waals surface area contributed by atoms with Gasteiger partial charge in [0, 0.05) is 17.9 Å². The molecule has 1 spiro atoms. The maximum Gasteiger partial charge on any atom is 0.217 e. The molecule has 0 amide bonds. The number of nitrogens with zero attached hydrogens (tertiary/aromatic N) is 1. The van der Waals surface area contributed by atoms with Gasteiger partial charge in [-0.25, -0.2) is 0 Å². The van der Waals surface area contributed by atoms with Crippen LogP contribution in [0.4, 0.5) is 0 Å². The summed E-state index contributed by atoms with van der Waals surface area (Å²) >= 11 is 0. The third kappa shape index (κ3) is 2.31. The molecule has 0 aromatic heterocycles. The maximum absolute atomic E-state index is 13.1. The highest BCUT2D eigenvalue weighted by molar-refractivity contribution is 5.35. The van der Waals surface area contributed by atoms with Crippen molar-refractivity contribution in [1.29, 1.82) is 0 Å². The number of hydrogen-bond acceptors (Lipinski definition) is 3. The number of rotatable bonds is 2. The number of hydroxylamine groups is 2. The first-order valence-electron chi connectivity index (χ1n) is 8.69. The lowest BCUT2D eigenvalue weighted by atomic mass is 9.67. The van der Waals surface area contributed by atoms with E-state index < -0.39 is 16.9 Å². The highest BCUT2D eigenvalue weighted by Gasteiger charge is 2.63. The van der Waals surface area contributed by atoms with Gasteiger partial charge in [0.1, 0.15) is 5.75 Å². The molecule has 4 atom stereocenters. The van der Waals surface area contributed by atoms with Gasteiger partial charge < -0.3 is 9.47 Å². The van der Waals surface area contributed by atoms with Gasteiger partial charge in [0.05, 0.1) is 17.7 Å². The maximum atomic E-state index is 13.1. The molecule has 4 heteroatoms. The summed E-state index contributed by atoms with van der Waals surface area (Å²) in [4.78, 5) is 0. The number of para-hydroxylation sites is 1. The van der Waals surface area contributed by atoms with Crippen LogP contribution in [0, 0.1) is 5.92 Å².